The van der Waals surface area contributed by atoms with Gasteiger partial charge in [0.1, 0.15) is 0 Å². The van der Waals surface area contributed by atoms with Crippen molar-refractivity contribution in [3.8, 4) is 0 Å². The van der Waals surface area contributed by atoms with Gasteiger partial charge in [-0.25, -0.2) is 8.78 Å². The van der Waals surface area contributed by atoms with Gasteiger partial charge in [0.15, 0.2) is 11.6 Å². The van der Waals surface area contributed by atoms with Crippen molar-refractivity contribution in [3.05, 3.63) is 65.2 Å². The molecule has 2 atom stereocenters. The lowest BCUT2D eigenvalue weighted by molar-refractivity contribution is -0.136. The van der Waals surface area contributed by atoms with E-state index in [4.69, 9.17) is 5.11 Å². The maximum absolute atomic E-state index is 13.3. The monoisotopic (exact) mass is 388 g/mol. The van der Waals surface area contributed by atoms with Gasteiger partial charge >= 0.3 is 5.97 Å². The molecular formula is C20H18F2N2O4. The second-order valence-corrected chi connectivity index (χ2v) is 6.59. The number of halogens is 2. The Kier molecular flexibility index (Phi) is 5.67. The van der Waals surface area contributed by atoms with Crippen molar-refractivity contribution in [2.24, 2.45) is 5.92 Å². The van der Waals surface area contributed by atoms with Crippen molar-refractivity contribution >= 4 is 23.5 Å². The van der Waals surface area contributed by atoms with Gasteiger partial charge in [0.05, 0.1) is 6.42 Å². The predicted octanol–water partition coefficient (Wildman–Crippen LogP) is 2.91. The molecule has 28 heavy (non-hydrogen) atoms. The number of hydrogen-bond acceptors (Lipinski definition) is 3. The van der Waals surface area contributed by atoms with Crippen LogP contribution in [0.1, 0.15) is 34.7 Å². The summed E-state index contributed by atoms with van der Waals surface area (Å²) in [5.74, 6) is -3.94. The fourth-order valence-corrected chi connectivity index (χ4v) is 2.92. The molecule has 8 heteroatoms. The first-order chi connectivity index (χ1) is 13.3. The SMILES string of the molecule is O=C(O)CCNC(=O)c1ccc(NC(=O)C2CC2c2ccc(F)c(F)c2)cc1. The number of rotatable bonds is 7. The van der Waals surface area contributed by atoms with E-state index >= 15 is 0 Å². The standard InChI is InChI=1S/C20H18F2N2O4/c21-16-6-3-12(9-17(16)22)14-10-15(14)20(28)24-13-4-1-11(2-5-13)19(27)23-8-7-18(25)26/h1-6,9,14-15H,7-8,10H2,(H,23,27)(H,24,28)(H,25,26). The van der Waals surface area contributed by atoms with Crippen LogP contribution in [0.2, 0.25) is 0 Å². The minimum Gasteiger partial charge on any atom is -0.481 e. The normalized spacial score (nSPS) is 17.6. The minimum absolute atomic E-state index is 0.0275. The first-order valence-electron chi connectivity index (χ1n) is 8.71. The Hall–Kier alpha value is -3.29. The predicted molar refractivity (Wildman–Crippen MR) is 96.9 cm³/mol. The summed E-state index contributed by atoms with van der Waals surface area (Å²) < 4.78 is 26.3. The highest BCUT2D eigenvalue weighted by Gasteiger charge is 2.44. The van der Waals surface area contributed by atoms with Crippen LogP contribution in [-0.2, 0) is 9.59 Å². The first kappa shape index (κ1) is 19.5. The Balaban J connectivity index is 1.53. The zero-order valence-corrected chi connectivity index (χ0v) is 14.7. The van der Waals surface area contributed by atoms with Crippen molar-refractivity contribution in [1.29, 1.82) is 0 Å². The average Bonchev–Trinajstić information content (AvgIpc) is 3.45. The third-order valence-corrected chi connectivity index (χ3v) is 4.54. The molecule has 3 N–H and O–H groups in total. The topological polar surface area (TPSA) is 95.5 Å². The lowest BCUT2D eigenvalue weighted by atomic mass is 10.1. The summed E-state index contributed by atoms with van der Waals surface area (Å²) in [6.07, 6.45) is 0.390. The Morgan fingerprint density at radius 3 is 2.39 bits per heavy atom. The van der Waals surface area contributed by atoms with E-state index in [1.807, 2.05) is 0 Å². The molecule has 2 aromatic rings. The highest BCUT2D eigenvalue weighted by atomic mass is 19.2. The van der Waals surface area contributed by atoms with Crippen molar-refractivity contribution in [2.45, 2.75) is 18.8 Å². The lowest BCUT2D eigenvalue weighted by Crippen LogP contribution is -2.26. The molecule has 0 heterocycles. The molecule has 1 saturated carbocycles. The van der Waals surface area contributed by atoms with Crippen LogP contribution in [0.5, 0.6) is 0 Å². The molecule has 2 unspecified atom stereocenters. The van der Waals surface area contributed by atoms with E-state index in [0.29, 0.717) is 23.2 Å². The smallest absolute Gasteiger partial charge is 0.305 e. The quantitative estimate of drug-likeness (QED) is 0.680. The summed E-state index contributed by atoms with van der Waals surface area (Å²) in [6, 6.07) is 9.83. The van der Waals surface area contributed by atoms with Crippen molar-refractivity contribution in [3.63, 3.8) is 0 Å². The fourth-order valence-electron chi connectivity index (χ4n) is 2.92. The third-order valence-electron chi connectivity index (χ3n) is 4.54. The average molecular weight is 388 g/mol. The number of carboxylic acids is 1. The largest absolute Gasteiger partial charge is 0.481 e. The zero-order chi connectivity index (χ0) is 20.3. The highest BCUT2D eigenvalue weighted by molar-refractivity contribution is 5.97. The highest BCUT2D eigenvalue weighted by Crippen LogP contribution is 2.48. The van der Waals surface area contributed by atoms with E-state index < -0.39 is 23.5 Å². The van der Waals surface area contributed by atoms with Gasteiger partial charge in [-0.15, -0.1) is 0 Å². The molecule has 146 valence electrons. The molecular weight excluding hydrogens is 370 g/mol. The Labute approximate surface area is 159 Å². The van der Waals surface area contributed by atoms with E-state index in [1.165, 1.54) is 18.2 Å². The molecule has 1 fully saturated rings. The number of carbonyl (C=O) groups excluding carboxylic acids is 2. The Bertz CT molecular complexity index is 915. The van der Waals surface area contributed by atoms with Crippen LogP contribution >= 0.6 is 0 Å². The van der Waals surface area contributed by atoms with Crippen LogP contribution in [0.3, 0.4) is 0 Å². The van der Waals surface area contributed by atoms with Gasteiger partial charge in [-0.3, -0.25) is 14.4 Å². The van der Waals surface area contributed by atoms with Crippen LogP contribution in [-0.4, -0.2) is 29.4 Å². The van der Waals surface area contributed by atoms with Crippen molar-refractivity contribution in [1.82, 2.24) is 5.32 Å². The van der Waals surface area contributed by atoms with Gasteiger partial charge in [-0.1, -0.05) is 6.07 Å². The van der Waals surface area contributed by atoms with E-state index in [2.05, 4.69) is 10.6 Å². The molecule has 3 rings (SSSR count). The van der Waals surface area contributed by atoms with Crippen LogP contribution in [0.25, 0.3) is 0 Å². The van der Waals surface area contributed by atoms with Gasteiger partial charge in [-0.2, -0.15) is 0 Å². The van der Waals surface area contributed by atoms with Crippen LogP contribution in [0.4, 0.5) is 14.5 Å². The Morgan fingerprint density at radius 1 is 1.04 bits per heavy atom. The minimum atomic E-state index is -1.000. The number of nitrogens with one attached hydrogen (secondary N) is 2. The van der Waals surface area contributed by atoms with Gasteiger partial charge in [0.25, 0.3) is 5.91 Å². The maximum Gasteiger partial charge on any atom is 0.305 e. The number of amides is 2. The van der Waals surface area contributed by atoms with E-state index in [9.17, 15) is 23.2 Å². The molecule has 0 aliphatic heterocycles. The molecule has 0 aromatic heterocycles. The third kappa shape index (κ3) is 4.70. The summed E-state index contributed by atoms with van der Waals surface area (Å²) in [7, 11) is 0. The van der Waals surface area contributed by atoms with Gasteiger partial charge in [0, 0.05) is 23.7 Å². The number of carboxylic acid groups (broad SMARTS) is 1. The van der Waals surface area contributed by atoms with Crippen molar-refractivity contribution < 1.29 is 28.3 Å². The number of hydrogen-bond donors (Lipinski definition) is 3. The molecule has 0 radical (unpaired) electrons. The molecule has 1 aliphatic rings. The number of anilines is 1. The van der Waals surface area contributed by atoms with Crippen LogP contribution in [0.15, 0.2) is 42.5 Å². The van der Waals surface area contributed by atoms with Gasteiger partial charge in [0.2, 0.25) is 5.91 Å². The fraction of sp³-hybridized carbons (Fsp3) is 0.250. The molecule has 2 aromatic carbocycles. The second kappa shape index (κ2) is 8.16. The molecule has 2 amide bonds. The maximum atomic E-state index is 13.3. The number of carbonyl (C=O) groups is 3. The van der Waals surface area contributed by atoms with E-state index in [-0.39, 0.29) is 30.7 Å². The summed E-state index contributed by atoms with van der Waals surface area (Å²) in [4.78, 5) is 34.6. The van der Waals surface area contributed by atoms with E-state index in [0.717, 1.165) is 12.1 Å². The summed E-state index contributed by atoms with van der Waals surface area (Å²) in [5, 5.41) is 13.8. The number of aliphatic carboxylic acids is 1. The molecule has 0 saturated heterocycles. The molecule has 6 nitrogen and oxygen atoms in total. The summed E-state index contributed by atoms with van der Waals surface area (Å²) in [5.41, 5.74) is 1.44. The number of benzene rings is 2. The van der Waals surface area contributed by atoms with Crippen LogP contribution < -0.4 is 10.6 Å². The summed E-state index contributed by atoms with van der Waals surface area (Å²) >= 11 is 0. The van der Waals surface area contributed by atoms with Crippen molar-refractivity contribution in [2.75, 3.05) is 11.9 Å². The summed E-state index contributed by atoms with van der Waals surface area (Å²) in [6.45, 7) is 0.0275. The second-order valence-electron chi connectivity index (χ2n) is 6.59. The van der Waals surface area contributed by atoms with E-state index in [1.54, 1.807) is 12.1 Å². The van der Waals surface area contributed by atoms with Gasteiger partial charge in [-0.05, 0) is 54.3 Å². The molecule has 1 aliphatic carbocycles. The molecule has 0 bridgehead atoms. The first-order valence-corrected chi connectivity index (χ1v) is 8.71. The lowest BCUT2D eigenvalue weighted by Gasteiger charge is -2.07. The zero-order valence-electron chi connectivity index (χ0n) is 14.7. The Morgan fingerprint density at radius 2 is 1.75 bits per heavy atom. The van der Waals surface area contributed by atoms with Gasteiger partial charge < -0.3 is 15.7 Å². The van der Waals surface area contributed by atoms with Crippen LogP contribution in [0, 0.1) is 17.6 Å². The molecule has 0 spiro atoms.